The minimum atomic E-state index is -0.149. The van der Waals surface area contributed by atoms with Crippen molar-refractivity contribution in [1.29, 1.82) is 0 Å². The molecule has 0 fully saturated rings. The number of aromatic nitrogens is 4. The molecular weight excluding hydrogens is 376 g/mol. The van der Waals surface area contributed by atoms with E-state index in [4.69, 9.17) is 4.98 Å². The number of pyridine rings is 1. The molecule has 7 heteroatoms. The van der Waals surface area contributed by atoms with Crippen LogP contribution >= 0.6 is 0 Å². The van der Waals surface area contributed by atoms with Gasteiger partial charge in [-0.05, 0) is 57.3 Å². The molecule has 1 atom stereocenters. The van der Waals surface area contributed by atoms with Crippen molar-refractivity contribution < 1.29 is 4.79 Å². The number of hydrogen-bond donors (Lipinski definition) is 1. The van der Waals surface area contributed by atoms with Crippen molar-refractivity contribution in [1.82, 2.24) is 24.1 Å². The first-order valence-corrected chi connectivity index (χ1v) is 10.3. The minimum absolute atomic E-state index is 0.136. The first-order valence-electron chi connectivity index (χ1n) is 10.3. The summed E-state index contributed by atoms with van der Waals surface area (Å²) in [5.41, 5.74) is 4.08. The predicted octanol–water partition coefficient (Wildman–Crippen LogP) is 4.05. The third kappa shape index (κ3) is 3.35. The first kappa shape index (κ1) is 20.1. The zero-order chi connectivity index (χ0) is 21.5. The van der Waals surface area contributed by atoms with Crippen LogP contribution in [0.3, 0.4) is 0 Å². The molecule has 0 aliphatic heterocycles. The number of benzene rings is 1. The smallest absolute Gasteiger partial charge is 0.255 e. The fourth-order valence-electron chi connectivity index (χ4n) is 3.83. The monoisotopic (exact) mass is 404 g/mol. The summed E-state index contributed by atoms with van der Waals surface area (Å²) in [7, 11) is 4.01. The van der Waals surface area contributed by atoms with Gasteiger partial charge in [-0.1, -0.05) is 13.8 Å². The number of fused-ring (bicyclic) bond motifs is 2. The third-order valence-corrected chi connectivity index (χ3v) is 6.27. The lowest BCUT2D eigenvalue weighted by Crippen LogP contribution is -2.40. The number of nitrogens with one attached hydrogen (secondary N) is 1. The van der Waals surface area contributed by atoms with E-state index in [0.29, 0.717) is 5.56 Å². The molecule has 0 saturated carbocycles. The fraction of sp³-hybridized carbons (Fsp3) is 0.348. The highest BCUT2D eigenvalue weighted by atomic mass is 16.1. The average Bonchev–Trinajstić information content (AvgIpc) is 3.35. The number of carbonyl (C=O) groups is 1. The van der Waals surface area contributed by atoms with Crippen LogP contribution in [-0.2, 0) is 12.6 Å². The SMILES string of the molecule is CCN(C)C(C)(CC)c1cn2cc(NC(=O)c3ccc4c(cnn4C)c3)ccc2n1. The van der Waals surface area contributed by atoms with Gasteiger partial charge in [-0.3, -0.25) is 14.4 Å². The van der Waals surface area contributed by atoms with E-state index >= 15 is 0 Å². The van der Waals surface area contributed by atoms with Crippen LogP contribution in [0.4, 0.5) is 5.69 Å². The summed E-state index contributed by atoms with van der Waals surface area (Å²) >= 11 is 0. The highest BCUT2D eigenvalue weighted by molar-refractivity contribution is 6.06. The van der Waals surface area contributed by atoms with Crippen molar-refractivity contribution in [2.75, 3.05) is 18.9 Å². The Bertz CT molecular complexity index is 1220. The van der Waals surface area contributed by atoms with Gasteiger partial charge in [-0.25, -0.2) is 4.98 Å². The maximum Gasteiger partial charge on any atom is 0.255 e. The summed E-state index contributed by atoms with van der Waals surface area (Å²) in [6, 6.07) is 9.42. The minimum Gasteiger partial charge on any atom is -0.321 e. The van der Waals surface area contributed by atoms with Gasteiger partial charge in [0.25, 0.3) is 5.91 Å². The van der Waals surface area contributed by atoms with Crippen LogP contribution in [0.1, 0.15) is 43.2 Å². The molecular formula is C23H28N6O. The van der Waals surface area contributed by atoms with Crippen molar-refractivity contribution >= 4 is 28.1 Å². The molecule has 0 saturated heterocycles. The summed E-state index contributed by atoms with van der Waals surface area (Å²) in [5.74, 6) is -0.149. The Balaban J connectivity index is 1.60. The van der Waals surface area contributed by atoms with E-state index in [1.807, 2.05) is 48.0 Å². The van der Waals surface area contributed by atoms with E-state index in [9.17, 15) is 4.79 Å². The molecule has 0 spiro atoms. The van der Waals surface area contributed by atoms with Gasteiger partial charge in [0.1, 0.15) is 5.65 Å². The number of imidazole rings is 1. The van der Waals surface area contributed by atoms with Gasteiger partial charge in [0.15, 0.2) is 0 Å². The number of nitrogens with zero attached hydrogens (tertiary/aromatic N) is 5. The van der Waals surface area contributed by atoms with Crippen molar-refractivity contribution in [2.24, 2.45) is 7.05 Å². The van der Waals surface area contributed by atoms with E-state index in [-0.39, 0.29) is 11.4 Å². The fourth-order valence-corrected chi connectivity index (χ4v) is 3.83. The standard InChI is InChI=1S/C23H28N6O/c1-6-23(3,27(4)7-2)20-15-29-14-18(9-11-21(29)26-20)25-22(30)16-8-10-19-17(12-16)13-24-28(19)5/h8-15H,6-7H2,1-5H3,(H,25,30). The topological polar surface area (TPSA) is 67.5 Å². The van der Waals surface area contributed by atoms with Gasteiger partial charge in [-0.15, -0.1) is 0 Å². The number of anilines is 1. The first-order chi connectivity index (χ1) is 14.4. The maximum atomic E-state index is 12.8. The molecule has 1 unspecified atom stereocenters. The van der Waals surface area contributed by atoms with Crippen molar-refractivity contribution in [3.05, 3.63) is 60.2 Å². The lowest BCUT2D eigenvalue weighted by molar-refractivity contribution is 0.102. The van der Waals surface area contributed by atoms with Gasteiger partial charge in [0, 0.05) is 30.4 Å². The van der Waals surface area contributed by atoms with Crippen molar-refractivity contribution in [3.8, 4) is 0 Å². The van der Waals surface area contributed by atoms with Crippen molar-refractivity contribution in [2.45, 2.75) is 32.7 Å². The molecule has 4 aromatic rings. The molecule has 3 aromatic heterocycles. The predicted molar refractivity (Wildman–Crippen MR) is 120 cm³/mol. The molecule has 3 heterocycles. The maximum absolute atomic E-state index is 12.8. The quantitative estimate of drug-likeness (QED) is 0.526. The molecule has 1 aromatic carbocycles. The molecule has 1 amide bonds. The lowest BCUT2D eigenvalue weighted by atomic mass is 9.93. The van der Waals surface area contributed by atoms with Gasteiger partial charge >= 0.3 is 0 Å². The summed E-state index contributed by atoms with van der Waals surface area (Å²) in [6.45, 7) is 7.50. The number of carbonyl (C=O) groups excluding carboxylic acids is 1. The van der Waals surface area contributed by atoms with Gasteiger partial charge < -0.3 is 9.72 Å². The van der Waals surface area contributed by atoms with Crippen LogP contribution in [-0.4, -0.2) is 43.6 Å². The second-order valence-corrected chi connectivity index (χ2v) is 7.95. The molecule has 1 N–H and O–H groups in total. The van der Waals surface area contributed by atoms with E-state index in [1.165, 1.54) is 0 Å². The summed E-state index contributed by atoms with van der Waals surface area (Å²) < 4.78 is 3.77. The Hall–Kier alpha value is -3.19. The van der Waals surface area contributed by atoms with E-state index in [0.717, 1.165) is 40.9 Å². The van der Waals surface area contributed by atoms with Gasteiger partial charge in [0.2, 0.25) is 0 Å². The second-order valence-electron chi connectivity index (χ2n) is 7.95. The zero-order valence-electron chi connectivity index (χ0n) is 18.2. The molecule has 0 aliphatic rings. The normalized spacial score (nSPS) is 13.8. The average molecular weight is 405 g/mol. The molecule has 0 radical (unpaired) electrons. The molecule has 7 nitrogen and oxygen atoms in total. The largest absolute Gasteiger partial charge is 0.321 e. The van der Waals surface area contributed by atoms with Gasteiger partial charge in [-0.2, -0.15) is 5.10 Å². The number of aryl methyl sites for hydroxylation is 1. The van der Waals surface area contributed by atoms with Crippen LogP contribution < -0.4 is 5.32 Å². The number of rotatable bonds is 6. The number of hydrogen-bond acceptors (Lipinski definition) is 4. The van der Waals surface area contributed by atoms with Crippen LogP contribution in [0.15, 0.2) is 48.9 Å². The highest BCUT2D eigenvalue weighted by Crippen LogP contribution is 2.30. The van der Waals surface area contributed by atoms with E-state index < -0.39 is 0 Å². The van der Waals surface area contributed by atoms with Crippen LogP contribution in [0.2, 0.25) is 0 Å². The molecule has 30 heavy (non-hydrogen) atoms. The summed E-state index contributed by atoms with van der Waals surface area (Å²) in [6.07, 6.45) is 6.70. The van der Waals surface area contributed by atoms with Gasteiger partial charge in [0.05, 0.1) is 28.6 Å². The highest BCUT2D eigenvalue weighted by Gasteiger charge is 2.31. The van der Waals surface area contributed by atoms with Crippen molar-refractivity contribution in [3.63, 3.8) is 0 Å². The third-order valence-electron chi connectivity index (χ3n) is 6.27. The van der Waals surface area contributed by atoms with Crippen LogP contribution in [0.25, 0.3) is 16.6 Å². The molecule has 0 aliphatic carbocycles. The Kier molecular flexibility index (Phi) is 5.07. The van der Waals surface area contributed by atoms with E-state index in [2.05, 4.69) is 49.3 Å². The Morgan fingerprint density at radius 1 is 1.20 bits per heavy atom. The zero-order valence-corrected chi connectivity index (χ0v) is 18.2. The Morgan fingerprint density at radius 2 is 2.00 bits per heavy atom. The lowest BCUT2D eigenvalue weighted by Gasteiger charge is -2.36. The summed E-state index contributed by atoms with van der Waals surface area (Å²) in [5, 5.41) is 8.17. The van der Waals surface area contributed by atoms with Crippen LogP contribution in [0.5, 0.6) is 0 Å². The van der Waals surface area contributed by atoms with E-state index in [1.54, 1.807) is 10.9 Å². The molecule has 156 valence electrons. The Morgan fingerprint density at radius 3 is 2.73 bits per heavy atom. The number of amides is 1. The molecule has 4 rings (SSSR count). The Labute approximate surface area is 176 Å². The second kappa shape index (κ2) is 7.57. The summed E-state index contributed by atoms with van der Waals surface area (Å²) in [4.78, 5) is 19.9. The molecule has 0 bridgehead atoms. The van der Waals surface area contributed by atoms with Crippen LogP contribution in [0, 0.1) is 0 Å².